The van der Waals surface area contributed by atoms with Crippen molar-refractivity contribution in [1.29, 1.82) is 0 Å². The summed E-state index contributed by atoms with van der Waals surface area (Å²) in [7, 11) is 0. The first kappa shape index (κ1) is 20.7. The average molecular weight is 424 g/mol. The Kier molecular flexibility index (Phi) is 5.83. The molecule has 0 fully saturated rings. The van der Waals surface area contributed by atoms with Gasteiger partial charge in [0.2, 0.25) is 0 Å². The molecule has 3 aromatic heterocycles. The van der Waals surface area contributed by atoms with Crippen molar-refractivity contribution >= 4 is 40.9 Å². The molecular formula is C22H22ClN5S. The van der Waals surface area contributed by atoms with Crippen molar-refractivity contribution in [1.82, 2.24) is 14.4 Å². The number of aromatic nitrogens is 3. The maximum Gasteiger partial charge on any atom is 0.157 e. The maximum absolute atomic E-state index is 5.98. The van der Waals surface area contributed by atoms with Crippen molar-refractivity contribution in [3.8, 4) is 22.4 Å². The number of rotatable bonds is 2. The van der Waals surface area contributed by atoms with Crippen LogP contribution in [0.4, 0.5) is 11.5 Å². The van der Waals surface area contributed by atoms with Gasteiger partial charge in [-0.25, -0.2) is 4.98 Å². The molecule has 0 unspecified atom stereocenters. The van der Waals surface area contributed by atoms with Gasteiger partial charge in [-0.1, -0.05) is 24.0 Å². The predicted octanol–water partition coefficient (Wildman–Crippen LogP) is 5.07. The van der Waals surface area contributed by atoms with Gasteiger partial charge in [-0.2, -0.15) is 0 Å². The Hall–Kier alpha value is -3.01. The van der Waals surface area contributed by atoms with E-state index in [4.69, 9.17) is 10.7 Å². The van der Waals surface area contributed by atoms with Crippen molar-refractivity contribution in [2.45, 2.75) is 26.3 Å². The van der Waals surface area contributed by atoms with Gasteiger partial charge >= 0.3 is 0 Å². The van der Waals surface area contributed by atoms with E-state index in [1.807, 2.05) is 40.9 Å². The van der Waals surface area contributed by atoms with Gasteiger partial charge < -0.3 is 11.1 Å². The first-order valence-electron chi connectivity index (χ1n) is 8.98. The maximum atomic E-state index is 5.98. The lowest BCUT2D eigenvalue weighted by Crippen LogP contribution is -2.27. The Morgan fingerprint density at radius 1 is 1.10 bits per heavy atom. The first-order chi connectivity index (χ1) is 13.4. The van der Waals surface area contributed by atoms with E-state index in [9.17, 15) is 0 Å². The summed E-state index contributed by atoms with van der Waals surface area (Å²) in [4.78, 5) is 11.0. The Morgan fingerprint density at radius 3 is 2.66 bits per heavy atom. The standard InChI is InChI=1S/C22H21N5S.ClH/c1-22(2,3)26-21-20(25-19-14-24-12-13-27(19)21)18-11-10-16(28-18)9-8-15-6-4-5-7-17(15)23;/h4-7,10-14,26H,23H2,1-3H3;1H. The number of nitrogens with zero attached hydrogens (tertiary/aromatic N) is 3. The minimum absolute atomic E-state index is 0. The van der Waals surface area contributed by atoms with E-state index in [0.717, 1.165) is 32.5 Å². The van der Waals surface area contributed by atoms with Crippen molar-refractivity contribution in [2.75, 3.05) is 11.1 Å². The van der Waals surface area contributed by atoms with Crippen LogP contribution in [0.2, 0.25) is 0 Å². The third-order valence-corrected chi connectivity index (χ3v) is 5.05. The second-order valence-corrected chi connectivity index (χ2v) is 8.57. The molecule has 7 heteroatoms. The van der Waals surface area contributed by atoms with Gasteiger partial charge in [0.25, 0.3) is 0 Å². The quantitative estimate of drug-likeness (QED) is 0.349. The number of benzene rings is 1. The van der Waals surface area contributed by atoms with Crippen molar-refractivity contribution in [3.63, 3.8) is 0 Å². The van der Waals surface area contributed by atoms with E-state index >= 15 is 0 Å². The molecule has 4 rings (SSSR count). The number of fused-ring (bicyclic) bond motifs is 1. The van der Waals surface area contributed by atoms with Gasteiger partial charge in [0.1, 0.15) is 11.5 Å². The molecule has 148 valence electrons. The van der Waals surface area contributed by atoms with Gasteiger partial charge in [0.15, 0.2) is 5.65 Å². The fourth-order valence-electron chi connectivity index (χ4n) is 2.83. The smallest absolute Gasteiger partial charge is 0.157 e. The monoisotopic (exact) mass is 423 g/mol. The topological polar surface area (TPSA) is 68.2 Å². The number of thiophene rings is 1. The minimum atomic E-state index is -0.0985. The van der Waals surface area contributed by atoms with Crippen LogP contribution in [0.3, 0.4) is 0 Å². The van der Waals surface area contributed by atoms with E-state index < -0.39 is 0 Å². The minimum Gasteiger partial charge on any atom is -0.398 e. The number of nitrogens with two attached hydrogens (primary N) is 1. The number of hydrogen-bond acceptors (Lipinski definition) is 5. The highest BCUT2D eigenvalue weighted by molar-refractivity contribution is 7.16. The number of imidazole rings is 1. The van der Waals surface area contributed by atoms with Crippen LogP contribution in [0, 0.1) is 11.8 Å². The van der Waals surface area contributed by atoms with E-state index in [1.165, 1.54) is 0 Å². The Labute approximate surface area is 180 Å². The van der Waals surface area contributed by atoms with E-state index in [-0.39, 0.29) is 17.9 Å². The van der Waals surface area contributed by atoms with Crippen LogP contribution in [0.5, 0.6) is 0 Å². The van der Waals surface area contributed by atoms with Gasteiger partial charge in [0.05, 0.1) is 16.0 Å². The lowest BCUT2D eigenvalue weighted by molar-refractivity contribution is 0.629. The Bertz CT molecular complexity index is 1210. The molecule has 0 aliphatic rings. The zero-order valence-electron chi connectivity index (χ0n) is 16.4. The Morgan fingerprint density at radius 2 is 1.90 bits per heavy atom. The molecule has 4 aromatic rings. The number of para-hydroxylation sites is 1. The largest absolute Gasteiger partial charge is 0.398 e. The summed E-state index contributed by atoms with van der Waals surface area (Å²) in [6.07, 6.45) is 5.46. The number of hydrogen-bond donors (Lipinski definition) is 2. The molecule has 5 nitrogen and oxygen atoms in total. The lowest BCUT2D eigenvalue weighted by Gasteiger charge is -2.22. The second-order valence-electron chi connectivity index (χ2n) is 7.49. The van der Waals surface area contributed by atoms with Crippen molar-refractivity contribution in [2.24, 2.45) is 0 Å². The van der Waals surface area contributed by atoms with Crippen LogP contribution in [-0.4, -0.2) is 19.9 Å². The zero-order valence-corrected chi connectivity index (χ0v) is 18.1. The highest BCUT2D eigenvalue weighted by atomic mass is 35.5. The van der Waals surface area contributed by atoms with Gasteiger partial charge in [0, 0.05) is 29.2 Å². The van der Waals surface area contributed by atoms with Crippen LogP contribution >= 0.6 is 23.7 Å². The predicted molar refractivity (Wildman–Crippen MR) is 124 cm³/mol. The second kappa shape index (κ2) is 8.16. The normalized spacial score (nSPS) is 10.9. The molecule has 0 saturated carbocycles. The summed E-state index contributed by atoms with van der Waals surface area (Å²) < 4.78 is 2.03. The molecule has 3 N–H and O–H groups in total. The molecule has 0 amide bonds. The average Bonchev–Trinajstić information content (AvgIpc) is 3.25. The highest BCUT2D eigenvalue weighted by Crippen LogP contribution is 2.34. The van der Waals surface area contributed by atoms with Crippen LogP contribution in [0.25, 0.3) is 16.2 Å². The SMILES string of the molecule is CC(C)(C)Nc1c(-c2ccc(C#Cc3ccccc3N)s2)nc2cnccn12.Cl. The molecular weight excluding hydrogens is 402 g/mol. The van der Waals surface area contributed by atoms with Crippen LogP contribution in [-0.2, 0) is 0 Å². The number of halogens is 1. The first-order valence-corrected chi connectivity index (χ1v) is 9.79. The highest BCUT2D eigenvalue weighted by Gasteiger charge is 2.20. The molecule has 3 heterocycles. The van der Waals surface area contributed by atoms with E-state index in [2.05, 4.69) is 49.0 Å². The number of nitrogen functional groups attached to an aromatic ring is 1. The van der Waals surface area contributed by atoms with Crippen molar-refractivity contribution < 1.29 is 0 Å². The molecule has 0 bridgehead atoms. The molecule has 0 spiro atoms. The zero-order chi connectivity index (χ0) is 19.7. The van der Waals surface area contributed by atoms with Crippen LogP contribution in [0.15, 0.2) is 55.0 Å². The van der Waals surface area contributed by atoms with E-state index in [1.54, 1.807) is 23.7 Å². The molecule has 1 aromatic carbocycles. The van der Waals surface area contributed by atoms with Crippen LogP contribution in [0.1, 0.15) is 31.2 Å². The lowest BCUT2D eigenvalue weighted by atomic mass is 10.1. The summed E-state index contributed by atoms with van der Waals surface area (Å²) in [5.41, 5.74) is 9.12. The van der Waals surface area contributed by atoms with Gasteiger partial charge in [-0.15, -0.1) is 23.7 Å². The molecule has 0 radical (unpaired) electrons. The number of nitrogens with one attached hydrogen (secondary N) is 1. The fraction of sp³-hybridized carbons (Fsp3) is 0.182. The van der Waals surface area contributed by atoms with Crippen molar-refractivity contribution in [3.05, 3.63) is 65.4 Å². The fourth-order valence-corrected chi connectivity index (χ4v) is 3.68. The summed E-state index contributed by atoms with van der Waals surface area (Å²) in [6.45, 7) is 6.40. The summed E-state index contributed by atoms with van der Waals surface area (Å²) in [6, 6.07) is 11.7. The number of anilines is 2. The molecule has 29 heavy (non-hydrogen) atoms. The molecule has 0 aliphatic heterocycles. The van der Waals surface area contributed by atoms with Crippen LogP contribution < -0.4 is 11.1 Å². The van der Waals surface area contributed by atoms with Gasteiger partial charge in [-0.3, -0.25) is 9.38 Å². The Balaban J connectivity index is 0.00000240. The molecule has 0 atom stereocenters. The van der Waals surface area contributed by atoms with Gasteiger partial charge in [-0.05, 0) is 45.0 Å². The summed E-state index contributed by atoms with van der Waals surface area (Å²) in [5, 5.41) is 3.57. The molecule has 0 saturated heterocycles. The summed E-state index contributed by atoms with van der Waals surface area (Å²) in [5.74, 6) is 7.33. The third-order valence-electron chi connectivity index (χ3n) is 4.04. The third kappa shape index (κ3) is 4.53. The molecule has 0 aliphatic carbocycles. The summed E-state index contributed by atoms with van der Waals surface area (Å²) >= 11 is 1.62. The van der Waals surface area contributed by atoms with E-state index in [0.29, 0.717) is 5.69 Å².